The first-order valence-corrected chi connectivity index (χ1v) is 9.59. The van der Waals surface area contributed by atoms with Gasteiger partial charge in [-0.2, -0.15) is 0 Å². The van der Waals surface area contributed by atoms with Gasteiger partial charge in [0.25, 0.3) is 5.91 Å². The molecule has 0 bridgehead atoms. The molecule has 3 rings (SSSR count). The first-order valence-electron chi connectivity index (χ1n) is 7.98. The highest BCUT2D eigenvalue weighted by atomic mass is 79.9. The van der Waals surface area contributed by atoms with Crippen LogP contribution in [0.2, 0.25) is 0 Å². The topological polar surface area (TPSA) is 87.5 Å². The van der Waals surface area contributed by atoms with E-state index in [1.807, 2.05) is 12.1 Å². The van der Waals surface area contributed by atoms with Crippen LogP contribution < -0.4 is 16.4 Å². The van der Waals surface area contributed by atoms with Crippen LogP contribution in [-0.2, 0) is 13.0 Å². The highest BCUT2D eigenvalue weighted by Gasteiger charge is 2.27. The molecular weight excluding hydrogens is 440 g/mol. The maximum Gasteiger partial charge on any atom is 0.324 e. The Morgan fingerprint density at radius 2 is 1.96 bits per heavy atom. The number of fused-ring (bicyclic) bond motifs is 1. The van der Waals surface area contributed by atoms with Gasteiger partial charge in [0, 0.05) is 28.1 Å². The van der Waals surface area contributed by atoms with Crippen molar-refractivity contribution in [1.29, 1.82) is 0 Å². The summed E-state index contributed by atoms with van der Waals surface area (Å²) in [6.45, 7) is 4.74. The van der Waals surface area contributed by atoms with Gasteiger partial charge in [-0.1, -0.05) is 22.9 Å². The van der Waals surface area contributed by atoms with Crippen LogP contribution in [0.25, 0.3) is 0 Å². The van der Waals surface area contributed by atoms with Crippen LogP contribution in [0.4, 0.5) is 15.5 Å². The molecule has 0 aliphatic carbocycles. The number of amides is 3. The van der Waals surface area contributed by atoms with E-state index in [4.69, 9.17) is 5.73 Å². The summed E-state index contributed by atoms with van der Waals surface area (Å²) in [7, 11) is 0. The molecule has 3 amide bonds. The molecule has 2 aromatic rings. The van der Waals surface area contributed by atoms with Crippen molar-refractivity contribution in [3.05, 3.63) is 44.7 Å². The number of nitrogens with zero attached hydrogens (tertiary/aromatic N) is 1. The Balaban J connectivity index is 0.00000243. The Hall–Kier alpha value is -1.61. The Bertz CT molecular complexity index is 810. The van der Waals surface area contributed by atoms with Gasteiger partial charge in [-0.15, -0.1) is 23.7 Å². The lowest BCUT2D eigenvalue weighted by Crippen LogP contribution is -2.30. The number of anilines is 2. The van der Waals surface area contributed by atoms with Gasteiger partial charge in [-0.25, -0.2) is 4.79 Å². The van der Waals surface area contributed by atoms with Crippen molar-refractivity contribution in [2.45, 2.75) is 19.9 Å². The van der Waals surface area contributed by atoms with Crippen LogP contribution in [0.3, 0.4) is 0 Å². The van der Waals surface area contributed by atoms with E-state index in [2.05, 4.69) is 38.4 Å². The summed E-state index contributed by atoms with van der Waals surface area (Å²) in [4.78, 5) is 27.6. The molecule has 9 heteroatoms. The van der Waals surface area contributed by atoms with Crippen LogP contribution in [0, 0.1) is 0 Å². The van der Waals surface area contributed by atoms with Gasteiger partial charge in [0.1, 0.15) is 5.00 Å². The Kier molecular flexibility index (Phi) is 7.05. The fourth-order valence-electron chi connectivity index (χ4n) is 2.87. The number of likely N-dealkylation sites (N-methyl/N-ethyl adjacent to an activating group) is 1. The van der Waals surface area contributed by atoms with Crippen molar-refractivity contribution in [1.82, 2.24) is 4.90 Å². The lowest BCUT2D eigenvalue weighted by molar-refractivity contribution is 0.1000. The number of urea groups is 1. The lowest BCUT2D eigenvalue weighted by atomic mass is 10.0. The highest BCUT2D eigenvalue weighted by Crippen LogP contribution is 2.36. The minimum absolute atomic E-state index is 0. The van der Waals surface area contributed by atoms with E-state index in [-0.39, 0.29) is 12.4 Å². The maximum absolute atomic E-state index is 12.3. The lowest BCUT2D eigenvalue weighted by Gasteiger charge is -2.25. The second-order valence-corrected chi connectivity index (χ2v) is 7.80. The minimum atomic E-state index is -0.499. The Morgan fingerprint density at radius 1 is 1.27 bits per heavy atom. The van der Waals surface area contributed by atoms with Crippen molar-refractivity contribution in [2.24, 2.45) is 5.73 Å². The molecule has 4 N–H and O–H groups in total. The zero-order valence-corrected chi connectivity index (χ0v) is 17.4. The number of carbonyl (C=O) groups excluding carboxylic acids is 2. The van der Waals surface area contributed by atoms with Gasteiger partial charge in [-0.3, -0.25) is 15.0 Å². The molecule has 26 heavy (non-hydrogen) atoms. The summed E-state index contributed by atoms with van der Waals surface area (Å²) in [6.07, 6.45) is 0.772. The summed E-state index contributed by atoms with van der Waals surface area (Å²) in [5.74, 6) is -0.499. The number of halogens is 2. The average Bonchev–Trinajstić information content (AvgIpc) is 2.93. The molecule has 1 aromatic heterocycles. The van der Waals surface area contributed by atoms with Crippen LogP contribution >= 0.6 is 39.7 Å². The summed E-state index contributed by atoms with van der Waals surface area (Å²) < 4.78 is 0.931. The molecule has 0 fully saturated rings. The molecule has 1 aliphatic heterocycles. The quantitative estimate of drug-likeness (QED) is 0.644. The number of carbonyl (C=O) groups is 2. The summed E-state index contributed by atoms with van der Waals surface area (Å²) >= 11 is 4.78. The van der Waals surface area contributed by atoms with Crippen LogP contribution in [0.1, 0.15) is 27.7 Å². The predicted octanol–water partition coefficient (Wildman–Crippen LogP) is 4.05. The van der Waals surface area contributed by atoms with Crippen LogP contribution in [0.5, 0.6) is 0 Å². The van der Waals surface area contributed by atoms with Gasteiger partial charge in [0.15, 0.2) is 0 Å². The molecule has 0 saturated heterocycles. The molecular formula is C17H20BrClN4O2S. The number of thiophene rings is 1. The predicted molar refractivity (Wildman–Crippen MR) is 112 cm³/mol. The van der Waals surface area contributed by atoms with Crippen LogP contribution in [-0.4, -0.2) is 29.9 Å². The minimum Gasteiger partial charge on any atom is -0.365 e. The van der Waals surface area contributed by atoms with E-state index < -0.39 is 11.9 Å². The molecule has 1 aliphatic rings. The van der Waals surface area contributed by atoms with E-state index in [0.29, 0.717) is 16.3 Å². The maximum atomic E-state index is 12.3. The highest BCUT2D eigenvalue weighted by molar-refractivity contribution is 9.10. The number of nitrogens with one attached hydrogen (secondary N) is 2. The van der Waals surface area contributed by atoms with E-state index in [9.17, 15) is 9.59 Å². The first kappa shape index (κ1) is 20.7. The number of hydrogen-bond donors (Lipinski definition) is 3. The van der Waals surface area contributed by atoms with Crippen molar-refractivity contribution in [3.63, 3.8) is 0 Å². The Labute approximate surface area is 170 Å². The third-order valence-electron chi connectivity index (χ3n) is 4.16. The van der Waals surface area contributed by atoms with Gasteiger partial charge in [0.2, 0.25) is 0 Å². The third-order valence-corrected chi connectivity index (χ3v) is 5.82. The van der Waals surface area contributed by atoms with Gasteiger partial charge in [0.05, 0.1) is 5.56 Å². The third kappa shape index (κ3) is 4.56. The van der Waals surface area contributed by atoms with E-state index in [0.717, 1.165) is 41.0 Å². The number of hydrogen-bond acceptors (Lipinski definition) is 4. The average molecular weight is 460 g/mol. The molecule has 140 valence electrons. The normalized spacial score (nSPS) is 13.5. The molecule has 0 unspecified atom stereocenters. The SMILES string of the molecule is CCN1CCc2c(sc(NC(=O)Nc3ccc(Br)cc3)c2C(N)=O)C1.Cl. The summed E-state index contributed by atoms with van der Waals surface area (Å²) in [6, 6.07) is 6.87. The fraction of sp³-hybridized carbons (Fsp3) is 0.294. The summed E-state index contributed by atoms with van der Waals surface area (Å²) in [5, 5.41) is 6.06. The smallest absolute Gasteiger partial charge is 0.324 e. The first-order chi connectivity index (χ1) is 12.0. The second kappa shape index (κ2) is 8.85. The van der Waals surface area contributed by atoms with Gasteiger partial charge in [-0.05, 0) is 42.8 Å². The molecule has 6 nitrogen and oxygen atoms in total. The van der Waals surface area contributed by atoms with E-state index in [1.165, 1.54) is 11.3 Å². The largest absolute Gasteiger partial charge is 0.365 e. The van der Waals surface area contributed by atoms with E-state index >= 15 is 0 Å². The monoisotopic (exact) mass is 458 g/mol. The van der Waals surface area contributed by atoms with Crippen LogP contribution in [0.15, 0.2) is 28.7 Å². The van der Waals surface area contributed by atoms with Crippen molar-refractivity contribution in [2.75, 3.05) is 23.7 Å². The molecule has 0 atom stereocenters. The number of nitrogens with two attached hydrogens (primary N) is 1. The zero-order chi connectivity index (χ0) is 18.0. The van der Waals surface area contributed by atoms with Crippen molar-refractivity contribution < 1.29 is 9.59 Å². The van der Waals surface area contributed by atoms with Gasteiger partial charge >= 0.3 is 6.03 Å². The Morgan fingerprint density at radius 3 is 2.58 bits per heavy atom. The molecule has 0 saturated carbocycles. The second-order valence-electron chi connectivity index (χ2n) is 5.78. The summed E-state index contributed by atoms with van der Waals surface area (Å²) in [5.41, 5.74) is 7.66. The number of benzene rings is 1. The fourth-order valence-corrected chi connectivity index (χ4v) is 4.43. The molecule has 2 heterocycles. The number of rotatable bonds is 4. The molecule has 0 radical (unpaired) electrons. The van der Waals surface area contributed by atoms with Gasteiger partial charge < -0.3 is 11.1 Å². The van der Waals surface area contributed by atoms with Crippen molar-refractivity contribution >= 4 is 62.3 Å². The molecule has 1 aromatic carbocycles. The molecule has 0 spiro atoms. The van der Waals surface area contributed by atoms with Crippen molar-refractivity contribution in [3.8, 4) is 0 Å². The number of primary amides is 1. The van der Waals surface area contributed by atoms with E-state index in [1.54, 1.807) is 12.1 Å². The zero-order valence-electron chi connectivity index (χ0n) is 14.2. The standard InChI is InChI=1S/C17H19BrN4O2S.ClH/c1-2-22-8-7-12-13(9-22)25-16(14(12)15(19)23)21-17(24)20-11-5-3-10(18)4-6-11;/h3-6H,2,7-9H2,1H3,(H2,19,23)(H2,20,21,24);1H.